The van der Waals surface area contributed by atoms with Gasteiger partial charge in [0.15, 0.2) is 5.82 Å². The highest BCUT2D eigenvalue weighted by Crippen LogP contribution is 2.27. The van der Waals surface area contributed by atoms with Gasteiger partial charge in [-0.15, -0.1) is 0 Å². The summed E-state index contributed by atoms with van der Waals surface area (Å²) in [7, 11) is 0. The maximum absolute atomic E-state index is 12.9. The van der Waals surface area contributed by atoms with Gasteiger partial charge in [-0.25, -0.2) is 15.0 Å². The Labute approximate surface area is 242 Å². The number of ether oxygens (including phenoxy) is 3. The van der Waals surface area contributed by atoms with E-state index in [-0.39, 0.29) is 5.91 Å². The largest absolute Gasteiger partial charge is 0.492 e. The third-order valence-electron chi connectivity index (χ3n) is 7.06. The minimum Gasteiger partial charge on any atom is -0.492 e. The molecule has 0 bridgehead atoms. The van der Waals surface area contributed by atoms with E-state index in [4.69, 9.17) is 19.9 Å². The first-order valence-electron chi connectivity index (χ1n) is 13.9. The Morgan fingerprint density at radius 1 is 1.07 bits per heavy atom. The van der Waals surface area contributed by atoms with Gasteiger partial charge in [0, 0.05) is 49.6 Å². The zero-order chi connectivity index (χ0) is 28.9. The average Bonchev–Trinajstić information content (AvgIpc) is 3.60. The summed E-state index contributed by atoms with van der Waals surface area (Å²) in [6.45, 7) is 7.80. The van der Waals surface area contributed by atoms with E-state index in [9.17, 15) is 4.79 Å². The number of benzene rings is 2. The van der Waals surface area contributed by atoms with Gasteiger partial charge in [-0.2, -0.15) is 0 Å². The number of aromatic nitrogens is 3. The molecule has 4 aromatic rings. The predicted octanol–water partition coefficient (Wildman–Crippen LogP) is 3.32. The van der Waals surface area contributed by atoms with Gasteiger partial charge in [-0.05, 0) is 43.3 Å². The van der Waals surface area contributed by atoms with E-state index in [2.05, 4.69) is 30.2 Å². The number of nitrogens with two attached hydrogens (primary N) is 1. The summed E-state index contributed by atoms with van der Waals surface area (Å²) < 4.78 is 19.3. The number of pyridine rings is 1. The number of fused-ring (bicyclic) bond motifs is 1. The highest BCUT2D eigenvalue weighted by Gasteiger charge is 2.21. The highest BCUT2D eigenvalue weighted by atomic mass is 16.5. The second kappa shape index (κ2) is 12.4. The molecular formula is C30H32N8O4. The SMILES string of the molecule is CCn1c(C2=NCN=C2N)nc2cnc(Oc3cccc(NC(=O)c4ccc(OCCN5CCOCC5)cc4)c3)cc21. The molecule has 2 aromatic carbocycles. The van der Waals surface area contributed by atoms with Crippen LogP contribution in [0.3, 0.4) is 0 Å². The maximum Gasteiger partial charge on any atom is 0.255 e. The number of amides is 1. The predicted molar refractivity (Wildman–Crippen MR) is 160 cm³/mol. The standard InChI is InChI=1S/C30H32N8O4/c1-2-38-25-17-26(32-18-24(25)36-29(38)27-28(31)34-19-33-27)42-23-5-3-4-21(16-23)35-30(39)20-6-8-22(9-7-20)41-15-12-37-10-13-40-14-11-37/h3-9,16-18H,2,10-15,19H2,1H3,(H2,31,34)(H,35,39). The zero-order valence-electron chi connectivity index (χ0n) is 23.3. The Hall–Kier alpha value is -4.81. The summed E-state index contributed by atoms with van der Waals surface area (Å²) in [5.74, 6) is 2.46. The number of imidazole rings is 1. The molecule has 0 spiro atoms. The Morgan fingerprint density at radius 3 is 2.67 bits per heavy atom. The fraction of sp³-hybridized carbons (Fsp3) is 0.300. The fourth-order valence-electron chi connectivity index (χ4n) is 4.87. The van der Waals surface area contributed by atoms with Crippen LogP contribution < -0.4 is 20.5 Å². The van der Waals surface area contributed by atoms with Crippen molar-refractivity contribution < 1.29 is 19.0 Å². The third kappa shape index (κ3) is 6.09. The van der Waals surface area contributed by atoms with Crippen molar-refractivity contribution in [1.82, 2.24) is 19.4 Å². The number of anilines is 1. The number of hydrogen-bond donors (Lipinski definition) is 2. The second-order valence-corrected chi connectivity index (χ2v) is 9.79. The van der Waals surface area contributed by atoms with E-state index in [1.807, 2.05) is 35.8 Å². The maximum atomic E-state index is 12.9. The molecule has 6 rings (SSSR count). The van der Waals surface area contributed by atoms with E-state index >= 15 is 0 Å². The lowest BCUT2D eigenvalue weighted by Gasteiger charge is -2.26. The van der Waals surface area contributed by atoms with Crippen molar-refractivity contribution in [3.8, 4) is 17.4 Å². The quantitative estimate of drug-likeness (QED) is 0.297. The van der Waals surface area contributed by atoms with Crippen LogP contribution in [0.25, 0.3) is 11.0 Å². The van der Waals surface area contributed by atoms with Crippen molar-refractivity contribution in [1.29, 1.82) is 0 Å². The van der Waals surface area contributed by atoms with Gasteiger partial charge in [-0.1, -0.05) is 6.07 Å². The molecule has 0 radical (unpaired) electrons. The van der Waals surface area contributed by atoms with Crippen molar-refractivity contribution >= 4 is 34.2 Å². The minimum atomic E-state index is -0.233. The Balaban J connectivity index is 1.09. The zero-order valence-corrected chi connectivity index (χ0v) is 23.3. The summed E-state index contributed by atoms with van der Waals surface area (Å²) >= 11 is 0. The molecule has 0 atom stereocenters. The van der Waals surface area contributed by atoms with Gasteiger partial charge in [0.1, 0.15) is 41.8 Å². The van der Waals surface area contributed by atoms with Gasteiger partial charge < -0.3 is 29.8 Å². The lowest BCUT2D eigenvalue weighted by Crippen LogP contribution is -2.38. The molecule has 0 saturated carbocycles. The van der Waals surface area contributed by atoms with Gasteiger partial charge in [-0.3, -0.25) is 14.7 Å². The molecule has 42 heavy (non-hydrogen) atoms. The molecule has 3 N–H and O–H groups in total. The van der Waals surface area contributed by atoms with Crippen LogP contribution in [0.5, 0.6) is 17.4 Å². The topological polar surface area (TPSA) is 141 Å². The van der Waals surface area contributed by atoms with Crippen molar-refractivity contribution in [3.63, 3.8) is 0 Å². The number of carbonyl (C=O) groups excluding carboxylic acids is 1. The summed E-state index contributed by atoms with van der Waals surface area (Å²) in [6.07, 6.45) is 1.66. The molecule has 2 aromatic heterocycles. The number of hydrogen-bond acceptors (Lipinski definition) is 10. The van der Waals surface area contributed by atoms with Crippen LogP contribution in [-0.4, -0.2) is 83.0 Å². The van der Waals surface area contributed by atoms with Gasteiger partial charge in [0.2, 0.25) is 5.88 Å². The molecule has 1 amide bonds. The first kappa shape index (κ1) is 27.4. The smallest absolute Gasteiger partial charge is 0.255 e. The van der Waals surface area contributed by atoms with Crippen molar-refractivity contribution in [2.45, 2.75) is 13.5 Å². The summed E-state index contributed by atoms with van der Waals surface area (Å²) in [6, 6.07) is 16.1. The van der Waals surface area contributed by atoms with Gasteiger partial charge >= 0.3 is 0 Å². The number of nitrogens with one attached hydrogen (secondary N) is 1. The molecule has 4 heterocycles. The molecule has 1 fully saturated rings. The molecular weight excluding hydrogens is 536 g/mol. The molecule has 0 unspecified atom stereocenters. The molecule has 12 nitrogen and oxygen atoms in total. The number of morpholine rings is 1. The van der Waals surface area contributed by atoms with E-state index in [0.29, 0.717) is 65.6 Å². The van der Waals surface area contributed by atoms with E-state index in [1.54, 1.807) is 36.5 Å². The molecule has 216 valence electrons. The Kier molecular flexibility index (Phi) is 8.06. The van der Waals surface area contributed by atoms with E-state index < -0.39 is 0 Å². The third-order valence-corrected chi connectivity index (χ3v) is 7.06. The summed E-state index contributed by atoms with van der Waals surface area (Å²) in [5.41, 5.74) is 9.26. The Bertz CT molecular complexity index is 1640. The number of aryl methyl sites for hydroxylation is 1. The lowest BCUT2D eigenvalue weighted by molar-refractivity contribution is 0.0322. The van der Waals surface area contributed by atoms with Crippen molar-refractivity contribution in [3.05, 3.63) is 72.2 Å². The monoisotopic (exact) mass is 568 g/mol. The van der Waals surface area contributed by atoms with Crippen LogP contribution in [0, 0.1) is 0 Å². The van der Waals surface area contributed by atoms with Crippen LogP contribution in [0.15, 0.2) is 70.8 Å². The fourth-order valence-corrected chi connectivity index (χ4v) is 4.87. The van der Waals surface area contributed by atoms with Crippen LogP contribution in [0.1, 0.15) is 23.1 Å². The first-order valence-corrected chi connectivity index (χ1v) is 13.9. The molecule has 2 aliphatic rings. The van der Waals surface area contributed by atoms with E-state index in [0.717, 1.165) is 44.1 Å². The van der Waals surface area contributed by atoms with Gasteiger partial charge in [0.25, 0.3) is 5.91 Å². The van der Waals surface area contributed by atoms with Gasteiger partial charge in [0.05, 0.1) is 24.9 Å². The first-order chi connectivity index (χ1) is 20.6. The minimum absolute atomic E-state index is 0.233. The number of carbonyl (C=O) groups is 1. The van der Waals surface area contributed by atoms with Crippen LogP contribution in [0.2, 0.25) is 0 Å². The second-order valence-electron chi connectivity index (χ2n) is 9.79. The molecule has 2 aliphatic heterocycles. The number of amidine groups is 1. The Morgan fingerprint density at radius 2 is 1.90 bits per heavy atom. The average molecular weight is 569 g/mol. The lowest BCUT2D eigenvalue weighted by atomic mass is 10.2. The van der Waals surface area contributed by atoms with Crippen molar-refractivity contribution in [2.24, 2.45) is 15.7 Å². The molecule has 0 aliphatic carbocycles. The highest BCUT2D eigenvalue weighted by molar-refractivity contribution is 6.47. The van der Waals surface area contributed by atoms with Crippen molar-refractivity contribution in [2.75, 3.05) is 51.4 Å². The van der Waals surface area contributed by atoms with Crippen LogP contribution in [0.4, 0.5) is 5.69 Å². The van der Waals surface area contributed by atoms with E-state index in [1.165, 1.54) is 0 Å². The number of nitrogens with zero attached hydrogens (tertiary/aromatic N) is 6. The molecule has 1 saturated heterocycles. The molecule has 12 heteroatoms. The van der Waals surface area contributed by atoms with Crippen LogP contribution in [-0.2, 0) is 11.3 Å². The normalized spacial score (nSPS) is 15.4. The number of rotatable bonds is 10. The summed E-state index contributed by atoms with van der Waals surface area (Å²) in [5, 5.41) is 2.93. The summed E-state index contributed by atoms with van der Waals surface area (Å²) in [4.78, 5) is 32.8. The number of aliphatic imine (C=N–C) groups is 2. The van der Waals surface area contributed by atoms with Crippen LogP contribution >= 0.6 is 0 Å².